The molecule has 3 rings (SSSR count). The number of alkyl halides is 3. The molecule has 38 heavy (non-hydrogen) atoms. The van der Waals surface area contributed by atoms with Crippen LogP contribution in [0.1, 0.15) is 43.7 Å². The molecule has 208 valence electrons. The minimum absolute atomic E-state index is 0.00832. The Morgan fingerprint density at radius 3 is 2.29 bits per heavy atom. The van der Waals surface area contributed by atoms with E-state index in [-0.39, 0.29) is 17.6 Å². The second kappa shape index (κ2) is 12.3. The van der Waals surface area contributed by atoms with E-state index in [4.69, 9.17) is 11.6 Å². The smallest absolute Gasteiger partial charge is 0.352 e. The maximum absolute atomic E-state index is 13.6. The predicted molar refractivity (Wildman–Crippen MR) is 143 cm³/mol. The average Bonchev–Trinajstić information content (AvgIpc) is 3.33. The number of nitrogens with one attached hydrogen (secondary N) is 1. The molecule has 0 radical (unpaired) electrons. The van der Waals surface area contributed by atoms with Crippen LogP contribution < -0.4 is 9.62 Å². The van der Waals surface area contributed by atoms with Gasteiger partial charge < -0.3 is 10.2 Å². The van der Waals surface area contributed by atoms with Crippen molar-refractivity contribution in [1.82, 2.24) is 10.2 Å². The summed E-state index contributed by atoms with van der Waals surface area (Å²) in [5.41, 5.74) is -0.928. The number of halogens is 5. The zero-order valence-electron chi connectivity index (χ0n) is 20.8. The first-order valence-electron chi connectivity index (χ1n) is 11.9. The Labute approximate surface area is 233 Å². The average molecular weight is 639 g/mol. The standard InChI is InChI=1S/C25H28BrClF3N3O4S/c1-16(24(35)31-20-5-3-4-6-20)32(14-17-7-10-19(26)11-8-17)23(34)15-33(38(2,36)37)22-13-18(25(28,29)30)9-12-21(22)27/h7-13,16,20H,3-6,14-15H2,1-2H3,(H,31,35)/t16-/m1/s1. The SMILES string of the molecule is C[C@H](C(=O)NC1CCCC1)N(Cc1ccc(Br)cc1)C(=O)CN(c1cc(C(F)(F)F)ccc1Cl)S(C)(=O)=O. The van der Waals surface area contributed by atoms with Crippen LogP contribution in [0.4, 0.5) is 18.9 Å². The van der Waals surface area contributed by atoms with Crippen LogP contribution in [0.2, 0.25) is 5.02 Å². The lowest BCUT2D eigenvalue weighted by Crippen LogP contribution is -2.52. The third-order valence-corrected chi connectivity index (χ3v) is 8.33. The molecule has 0 saturated heterocycles. The Bertz CT molecular complexity index is 1270. The molecule has 1 aliphatic rings. The lowest BCUT2D eigenvalue weighted by Gasteiger charge is -2.32. The lowest BCUT2D eigenvalue weighted by atomic mass is 10.1. The summed E-state index contributed by atoms with van der Waals surface area (Å²) in [6.07, 6.45) is -0.354. The molecule has 0 bridgehead atoms. The molecule has 0 unspecified atom stereocenters. The van der Waals surface area contributed by atoms with Gasteiger partial charge in [-0.2, -0.15) is 13.2 Å². The highest BCUT2D eigenvalue weighted by Crippen LogP contribution is 2.36. The fourth-order valence-electron chi connectivity index (χ4n) is 4.24. The van der Waals surface area contributed by atoms with Crippen molar-refractivity contribution in [1.29, 1.82) is 0 Å². The number of rotatable bonds is 9. The Balaban J connectivity index is 1.95. The van der Waals surface area contributed by atoms with Crippen molar-refractivity contribution in [3.05, 3.63) is 63.1 Å². The van der Waals surface area contributed by atoms with Gasteiger partial charge in [-0.3, -0.25) is 13.9 Å². The molecular weight excluding hydrogens is 611 g/mol. The number of benzene rings is 2. The molecule has 0 heterocycles. The van der Waals surface area contributed by atoms with E-state index in [0.717, 1.165) is 48.5 Å². The Morgan fingerprint density at radius 2 is 1.74 bits per heavy atom. The molecule has 1 fully saturated rings. The van der Waals surface area contributed by atoms with E-state index in [0.29, 0.717) is 15.9 Å². The fraction of sp³-hybridized carbons (Fsp3) is 0.440. The summed E-state index contributed by atoms with van der Waals surface area (Å²) in [6, 6.07) is 8.25. The first kappa shape index (κ1) is 30.2. The molecule has 2 amide bonds. The van der Waals surface area contributed by atoms with Gasteiger partial charge in [-0.25, -0.2) is 8.42 Å². The predicted octanol–water partition coefficient (Wildman–Crippen LogP) is 5.36. The van der Waals surface area contributed by atoms with Gasteiger partial charge in [0.2, 0.25) is 21.8 Å². The maximum atomic E-state index is 13.6. The van der Waals surface area contributed by atoms with Crippen LogP contribution in [0.5, 0.6) is 0 Å². The van der Waals surface area contributed by atoms with E-state index < -0.39 is 51.9 Å². The molecule has 2 aromatic rings. The summed E-state index contributed by atoms with van der Waals surface area (Å²) in [5, 5.41) is 2.66. The van der Waals surface area contributed by atoms with Gasteiger partial charge in [-0.05, 0) is 55.7 Å². The van der Waals surface area contributed by atoms with Crippen molar-refractivity contribution in [3.63, 3.8) is 0 Å². The van der Waals surface area contributed by atoms with E-state index in [1.165, 1.54) is 11.8 Å². The highest BCUT2D eigenvalue weighted by molar-refractivity contribution is 9.10. The van der Waals surface area contributed by atoms with Gasteiger partial charge >= 0.3 is 6.18 Å². The summed E-state index contributed by atoms with van der Waals surface area (Å²) in [4.78, 5) is 27.9. The minimum atomic E-state index is -4.76. The van der Waals surface area contributed by atoms with Crippen molar-refractivity contribution in [3.8, 4) is 0 Å². The maximum Gasteiger partial charge on any atom is 0.416 e. The van der Waals surface area contributed by atoms with Gasteiger partial charge in [0.05, 0.1) is 22.5 Å². The van der Waals surface area contributed by atoms with Crippen molar-refractivity contribution in [2.24, 2.45) is 0 Å². The number of amides is 2. The Kier molecular flexibility index (Phi) is 9.75. The van der Waals surface area contributed by atoms with Gasteiger partial charge in [0.25, 0.3) is 0 Å². The highest BCUT2D eigenvalue weighted by Gasteiger charge is 2.35. The minimum Gasteiger partial charge on any atom is -0.352 e. The zero-order valence-corrected chi connectivity index (χ0v) is 23.9. The molecule has 1 N–H and O–H groups in total. The van der Waals surface area contributed by atoms with E-state index in [1.807, 2.05) is 0 Å². The molecule has 0 aliphatic heterocycles. The molecule has 1 aliphatic carbocycles. The van der Waals surface area contributed by atoms with Crippen LogP contribution in [-0.4, -0.2) is 50.0 Å². The largest absolute Gasteiger partial charge is 0.416 e. The Morgan fingerprint density at radius 1 is 1.13 bits per heavy atom. The van der Waals surface area contributed by atoms with E-state index in [1.54, 1.807) is 24.3 Å². The quantitative estimate of drug-likeness (QED) is 0.401. The number of carbonyl (C=O) groups excluding carboxylic acids is 2. The lowest BCUT2D eigenvalue weighted by molar-refractivity contribution is -0.139. The molecular formula is C25H28BrClF3N3O4S. The van der Waals surface area contributed by atoms with Crippen LogP contribution in [0.3, 0.4) is 0 Å². The van der Waals surface area contributed by atoms with E-state index >= 15 is 0 Å². The highest BCUT2D eigenvalue weighted by atomic mass is 79.9. The van der Waals surface area contributed by atoms with Gasteiger partial charge in [-0.15, -0.1) is 0 Å². The number of anilines is 1. The monoisotopic (exact) mass is 637 g/mol. The zero-order chi connectivity index (χ0) is 28.3. The third kappa shape index (κ3) is 7.86. The van der Waals surface area contributed by atoms with Crippen LogP contribution in [0.25, 0.3) is 0 Å². The molecule has 7 nitrogen and oxygen atoms in total. The van der Waals surface area contributed by atoms with Crippen LogP contribution in [0, 0.1) is 0 Å². The molecule has 2 aromatic carbocycles. The molecule has 0 aromatic heterocycles. The number of hydrogen-bond acceptors (Lipinski definition) is 4. The summed E-state index contributed by atoms with van der Waals surface area (Å²) >= 11 is 9.43. The van der Waals surface area contributed by atoms with Crippen molar-refractivity contribution in [2.75, 3.05) is 17.1 Å². The summed E-state index contributed by atoms with van der Waals surface area (Å²) in [5.74, 6) is -1.17. The van der Waals surface area contributed by atoms with Gasteiger partial charge in [-0.1, -0.05) is 52.5 Å². The number of hydrogen-bond donors (Lipinski definition) is 1. The summed E-state index contributed by atoms with van der Waals surface area (Å²) < 4.78 is 66.7. The van der Waals surface area contributed by atoms with Gasteiger partial charge in [0.1, 0.15) is 12.6 Å². The molecule has 0 spiro atoms. The van der Waals surface area contributed by atoms with Crippen LogP contribution in [0.15, 0.2) is 46.9 Å². The van der Waals surface area contributed by atoms with E-state index in [9.17, 15) is 31.2 Å². The number of sulfonamides is 1. The summed E-state index contributed by atoms with van der Waals surface area (Å²) in [7, 11) is -4.25. The van der Waals surface area contributed by atoms with Crippen molar-refractivity contribution < 1.29 is 31.2 Å². The normalized spacial score (nSPS) is 15.2. The van der Waals surface area contributed by atoms with E-state index in [2.05, 4.69) is 21.2 Å². The third-order valence-electron chi connectivity index (χ3n) is 6.36. The van der Waals surface area contributed by atoms with Crippen LogP contribution in [-0.2, 0) is 32.3 Å². The molecule has 1 atom stereocenters. The molecule has 1 saturated carbocycles. The second-order valence-electron chi connectivity index (χ2n) is 9.25. The number of carbonyl (C=O) groups is 2. The van der Waals surface area contributed by atoms with Gasteiger partial charge in [0.15, 0.2) is 0 Å². The first-order valence-corrected chi connectivity index (χ1v) is 14.9. The van der Waals surface area contributed by atoms with Gasteiger partial charge in [0, 0.05) is 17.1 Å². The molecule has 13 heteroatoms. The topological polar surface area (TPSA) is 86.8 Å². The van der Waals surface area contributed by atoms with Crippen molar-refractivity contribution >= 4 is 55.1 Å². The number of nitrogens with zero attached hydrogens (tertiary/aromatic N) is 2. The fourth-order valence-corrected chi connectivity index (χ4v) is 5.62. The summed E-state index contributed by atoms with van der Waals surface area (Å²) in [6.45, 7) is 0.653. The second-order valence-corrected chi connectivity index (χ2v) is 12.5. The van der Waals surface area contributed by atoms with Crippen molar-refractivity contribution in [2.45, 2.75) is 57.4 Å². The first-order chi connectivity index (χ1) is 17.7. The Hall–Kier alpha value is -2.31. The van der Waals surface area contributed by atoms with Crippen LogP contribution >= 0.6 is 27.5 Å².